The van der Waals surface area contributed by atoms with E-state index in [2.05, 4.69) is 60.4 Å². The van der Waals surface area contributed by atoms with Crippen LogP contribution < -0.4 is 0 Å². The number of fused-ring (bicyclic) bond motifs is 3. The monoisotopic (exact) mass is 368 g/mol. The first-order valence-corrected chi connectivity index (χ1v) is 9.31. The molecule has 2 nitrogen and oxygen atoms in total. The van der Waals surface area contributed by atoms with E-state index in [9.17, 15) is 0 Å². The molecule has 5 rings (SSSR count). The van der Waals surface area contributed by atoms with E-state index in [4.69, 9.17) is 16.6 Å². The van der Waals surface area contributed by atoms with Crippen molar-refractivity contribution in [2.24, 2.45) is 0 Å². The van der Waals surface area contributed by atoms with E-state index < -0.39 is 0 Å². The van der Waals surface area contributed by atoms with Crippen LogP contribution in [0.1, 0.15) is 5.56 Å². The van der Waals surface area contributed by atoms with Gasteiger partial charge in [-0.1, -0.05) is 65.7 Å². The van der Waals surface area contributed by atoms with E-state index in [1.807, 2.05) is 30.3 Å². The van der Waals surface area contributed by atoms with Gasteiger partial charge in [0.25, 0.3) is 0 Å². The Balaban J connectivity index is 1.87. The highest BCUT2D eigenvalue weighted by atomic mass is 35.5. The molecule has 0 bridgehead atoms. The van der Waals surface area contributed by atoms with Gasteiger partial charge in [0, 0.05) is 26.9 Å². The second-order valence-corrected chi connectivity index (χ2v) is 7.26. The molecule has 0 aliphatic carbocycles. The van der Waals surface area contributed by atoms with Gasteiger partial charge in [0.1, 0.15) is 5.65 Å². The summed E-state index contributed by atoms with van der Waals surface area (Å²) in [5, 5.41) is 3.10. The van der Waals surface area contributed by atoms with Crippen molar-refractivity contribution in [1.29, 1.82) is 0 Å². The number of aryl methyl sites for hydroxylation is 1. The molecule has 0 spiro atoms. The van der Waals surface area contributed by atoms with Crippen LogP contribution in [0.3, 0.4) is 0 Å². The maximum Gasteiger partial charge on any atom is 0.139 e. The van der Waals surface area contributed by atoms with Crippen LogP contribution in [0.15, 0.2) is 78.9 Å². The molecule has 0 amide bonds. The van der Waals surface area contributed by atoms with Gasteiger partial charge in [-0.3, -0.25) is 0 Å². The van der Waals surface area contributed by atoms with Crippen molar-refractivity contribution in [3.8, 4) is 22.4 Å². The van der Waals surface area contributed by atoms with Crippen molar-refractivity contribution in [3.05, 3.63) is 89.4 Å². The second kappa shape index (κ2) is 6.26. The first-order chi connectivity index (χ1) is 13.2. The van der Waals surface area contributed by atoms with Gasteiger partial charge in [-0.2, -0.15) is 0 Å². The minimum Gasteiger partial charge on any atom is -0.339 e. The highest BCUT2D eigenvalue weighted by Crippen LogP contribution is 2.37. The average Bonchev–Trinajstić information content (AvgIpc) is 3.06. The summed E-state index contributed by atoms with van der Waals surface area (Å²) < 4.78 is 0. The Morgan fingerprint density at radius 1 is 0.815 bits per heavy atom. The Bertz CT molecular complexity index is 1270. The molecule has 3 heteroatoms. The summed E-state index contributed by atoms with van der Waals surface area (Å²) in [6, 6.07) is 27.0. The number of halogens is 1. The number of H-pyrrole nitrogens is 1. The molecule has 0 atom stereocenters. The predicted octanol–water partition coefficient (Wildman–Crippen LogP) is 7.01. The first kappa shape index (κ1) is 16.1. The molecule has 2 aromatic heterocycles. The number of benzene rings is 3. The standard InChI is InChI=1S/C24H17ClN2/c1-15-7-12-21-20(13-15)23-19(16-5-3-2-4-6-16)14-22(27-24(23)26-21)17-8-10-18(25)11-9-17/h2-14H,1H3,(H,26,27). The fourth-order valence-corrected chi connectivity index (χ4v) is 3.75. The van der Waals surface area contributed by atoms with Crippen molar-refractivity contribution in [3.63, 3.8) is 0 Å². The number of nitrogens with one attached hydrogen (secondary N) is 1. The minimum absolute atomic E-state index is 0.726. The largest absolute Gasteiger partial charge is 0.339 e. The molecular formula is C24H17ClN2. The SMILES string of the molecule is Cc1ccc2[nH]c3nc(-c4ccc(Cl)cc4)cc(-c4ccccc4)c3c2c1. The number of nitrogens with zero attached hydrogens (tertiary/aromatic N) is 1. The molecule has 0 aliphatic heterocycles. The van der Waals surface area contributed by atoms with E-state index in [0.717, 1.165) is 32.8 Å². The van der Waals surface area contributed by atoms with E-state index in [0.29, 0.717) is 0 Å². The molecule has 2 heterocycles. The molecule has 3 aromatic carbocycles. The Hall–Kier alpha value is -3.10. The zero-order valence-electron chi connectivity index (χ0n) is 14.8. The Kier molecular flexibility index (Phi) is 3.73. The topological polar surface area (TPSA) is 28.7 Å². The van der Waals surface area contributed by atoms with E-state index >= 15 is 0 Å². The van der Waals surface area contributed by atoms with Crippen LogP contribution in [0.2, 0.25) is 5.02 Å². The molecule has 5 aromatic rings. The summed E-state index contributed by atoms with van der Waals surface area (Å²) >= 11 is 6.06. The minimum atomic E-state index is 0.726. The molecule has 0 unspecified atom stereocenters. The van der Waals surface area contributed by atoms with Crippen LogP contribution in [0.25, 0.3) is 44.3 Å². The van der Waals surface area contributed by atoms with Crippen molar-refractivity contribution >= 4 is 33.5 Å². The van der Waals surface area contributed by atoms with Gasteiger partial charge in [-0.25, -0.2) is 4.98 Å². The van der Waals surface area contributed by atoms with Crippen LogP contribution in [0.4, 0.5) is 0 Å². The van der Waals surface area contributed by atoms with E-state index in [1.165, 1.54) is 22.1 Å². The molecular weight excluding hydrogens is 352 g/mol. The number of hydrogen-bond acceptors (Lipinski definition) is 1. The predicted molar refractivity (Wildman–Crippen MR) is 114 cm³/mol. The van der Waals surface area contributed by atoms with Gasteiger partial charge in [0.15, 0.2) is 0 Å². The van der Waals surface area contributed by atoms with Crippen LogP contribution >= 0.6 is 11.6 Å². The van der Waals surface area contributed by atoms with Crippen LogP contribution in [0.5, 0.6) is 0 Å². The number of rotatable bonds is 2. The zero-order chi connectivity index (χ0) is 18.4. The van der Waals surface area contributed by atoms with Gasteiger partial charge in [-0.15, -0.1) is 0 Å². The molecule has 0 fully saturated rings. The molecule has 27 heavy (non-hydrogen) atoms. The highest BCUT2D eigenvalue weighted by molar-refractivity contribution is 6.30. The van der Waals surface area contributed by atoms with Crippen LogP contribution in [-0.2, 0) is 0 Å². The third-order valence-corrected chi connectivity index (χ3v) is 5.19. The Labute approximate surface area is 162 Å². The Morgan fingerprint density at radius 3 is 2.37 bits per heavy atom. The first-order valence-electron chi connectivity index (χ1n) is 8.93. The lowest BCUT2D eigenvalue weighted by Crippen LogP contribution is -1.89. The van der Waals surface area contributed by atoms with E-state index in [-0.39, 0.29) is 0 Å². The number of pyridine rings is 1. The maximum absolute atomic E-state index is 6.06. The third kappa shape index (κ3) is 2.79. The van der Waals surface area contributed by atoms with Gasteiger partial charge in [-0.05, 0) is 48.4 Å². The lowest BCUT2D eigenvalue weighted by Gasteiger charge is -2.09. The van der Waals surface area contributed by atoms with Crippen molar-refractivity contribution < 1.29 is 0 Å². The lowest BCUT2D eigenvalue weighted by molar-refractivity contribution is 1.34. The maximum atomic E-state index is 6.06. The van der Waals surface area contributed by atoms with Crippen molar-refractivity contribution in [2.45, 2.75) is 6.92 Å². The zero-order valence-corrected chi connectivity index (χ0v) is 15.6. The molecule has 1 N–H and O–H groups in total. The molecule has 0 aliphatic rings. The number of aromatic nitrogens is 2. The smallest absolute Gasteiger partial charge is 0.139 e. The Morgan fingerprint density at radius 2 is 1.59 bits per heavy atom. The number of hydrogen-bond donors (Lipinski definition) is 1. The normalized spacial score (nSPS) is 11.3. The van der Waals surface area contributed by atoms with E-state index in [1.54, 1.807) is 0 Å². The van der Waals surface area contributed by atoms with Crippen molar-refractivity contribution in [1.82, 2.24) is 9.97 Å². The highest BCUT2D eigenvalue weighted by Gasteiger charge is 2.14. The molecule has 0 saturated heterocycles. The lowest BCUT2D eigenvalue weighted by atomic mass is 9.98. The summed E-state index contributed by atoms with van der Waals surface area (Å²) in [4.78, 5) is 8.43. The quantitative estimate of drug-likeness (QED) is 0.356. The summed E-state index contributed by atoms with van der Waals surface area (Å²) in [5.74, 6) is 0. The summed E-state index contributed by atoms with van der Waals surface area (Å²) in [6.07, 6.45) is 0. The summed E-state index contributed by atoms with van der Waals surface area (Å²) in [6.45, 7) is 2.12. The molecule has 0 saturated carbocycles. The van der Waals surface area contributed by atoms with Gasteiger partial charge in [0.05, 0.1) is 5.69 Å². The molecule has 130 valence electrons. The van der Waals surface area contributed by atoms with Crippen LogP contribution in [-0.4, -0.2) is 9.97 Å². The number of aromatic amines is 1. The van der Waals surface area contributed by atoms with Crippen LogP contribution in [0, 0.1) is 6.92 Å². The summed E-state index contributed by atoms with van der Waals surface area (Å²) in [7, 11) is 0. The fourth-order valence-electron chi connectivity index (χ4n) is 3.62. The average molecular weight is 369 g/mol. The molecule has 0 radical (unpaired) electrons. The van der Waals surface area contributed by atoms with Crippen molar-refractivity contribution in [2.75, 3.05) is 0 Å². The fraction of sp³-hybridized carbons (Fsp3) is 0.0417. The third-order valence-electron chi connectivity index (χ3n) is 4.94. The second-order valence-electron chi connectivity index (χ2n) is 6.83. The van der Waals surface area contributed by atoms with Gasteiger partial charge >= 0.3 is 0 Å². The summed E-state index contributed by atoms with van der Waals surface area (Å²) in [5.41, 5.74) is 7.60. The van der Waals surface area contributed by atoms with Gasteiger partial charge < -0.3 is 4.98 Å². The van der Waals surface area contributed by atoms with Gasteiger partial charge in [0.2, 0.25) is 0 Å².